The predicted molar refractivity (Wildman–Crippen MR) is 51.6 cm³/mol. The average molecular weight is 185 g/mol. The van der Waals surface area contributed by atoms with Crippen molar-refractivity contribution in [3.05, 3.63) is 0 Å². The van der Waals surface area contributed by atoms with Crippen LogP contribution in [0.15, 0.2) is 0 Å². The van der Waals surface area contributed by atoms with E-state index in [0.717, 1.165) is 25.8 Å². The molecule has 0 aromatic carbocycles. The summed E-state index contributed by atoms with van der Waals surface area (Å²) in [5.41, 5.74) is 0. The Balaban J connectivity index is 2.66. The lowest BCUT2D eigenvalue weighted by Gasteiger charge is -2.25. The second-order valence-corrected chi connectivity index (χ2v) is 4.16. The zero-order chi connectivity index (χ0) is 9.84. The van der Waals surface area contributed by atoms with Crippen LogP contribution in [0.5, 0.6) is 0 Å². The molecular formula is C10H19NO2. The molecule has 0 aromatic heterocycles. The molecule has 0 saturated carbocycles. The Morgan fingerprint density at radius 3 is 2.69 bits per heavy atom. The van der Waals surface area contributed by atoms with Crippen molar-refractivity contribution in [2.45, 2.75) is 39.2 Å². The summed E-state index contributed by atoms with van der Waals surface area (Å²) in [5, 5.41) is 12.4. The molecule has 1 rings (SSSR count). The largest absolute Gasteiger partial charge is 0.481 e. The minimum Gasteiger partial charge on any atom is -0.481 e. The second kappa shape index (κ2) is 4.61. The standard InChI is InChI=1S/C10H19NO2/c1-7(2)9-8(10(12)13)5-3-4-6-11-9/h7-9,11H,3-6H2,1-2H3,(H,12,13)/t8-,9+/m0/s1. The second-order valence-electron chi connectivity index (χ2n) is 4.16. The van der Waals surface area contributed by atoms with Crippen LogP contribution >= 0.6 is 0 Å². The highest BCUT2D eigenvalue weighted by molar-refractivity contribution is 5.71. The van der Waals surface area contributed by atoms with Crippen molar-refractivity contribution in [1.82, 2.24) is 5.32 Å². The number of aliphatic carboxylic acids is 1. The first-order chi connectivity index (χ1) is 6.13. The van der Waals surface area contributed by atoms with Gasteiger partial charge in [0, 0.05) is 6.04 Å². The van der Waals surface area contributed by atoms with Gasteiger partial charge in [0.1, 0.15) is 0 Å². The van der Waals surface area contributed by atoms with Crippen LogP contribution in [0, 0.1) is 11.8 Å². The average Bonchev–Trinajstić information content (AvgIpc) is 2.27. The van der Waals surface area contributed by atoms with Crippen LogP contribution in [0.25, 0.3) is 0 Å². The quantitative estimate of drug-likeness (QED) is 0.685. The number of carbonyl (C=O) groups is 1. The van der Waals surface area contributed by atoms with Gasteiger partial charge in [-0.3, -0.25) is 4.79 Å². The van der Waals surface area contributed by atoms with Gasteiger partial charge in [-0.25, -0.2) is 0 Å². The molecule has 0 aliphatic carbocycles. The van der Waals surface area contributed by atoms with Crippen molar-refractivity contribution in [1.29, 1.82) is 0 Å². The fourth-order valence-electron chi connectivity index (χ4n) is 2.06. The lowest BCUT2D eigenvalue weighted by atomic mass is 9.88. The highest BCUT2D eigenvalue weighted by atomic mass is 16.4. The molecule has 0 unspecified atom stereocenters. The summed E-state index contributed by atoms with van der Waals surface area (Å²) in [5.74, 6) is -0.435. The number of hydrogen-bond donors (Lipinski definition) is 2. The van der Waals surface area contributed by atoms with Gasteiger partial charge in [0.05, 0.1) is 5.92 Å². The monoisotopic (exact) mass is 185 g/mol. The van der Waals surface area contributed by atoms with Gasteiger partial charge < -0.3 is 10.4 Å². The van der Waals surface area contributed by atoms with Gasteiger partial charge in [-0.1, -0.05) is 20.3 Å². The van der Waals surface area contributed by atoms with Crippen LogP contribution in [0.4, 0.5) is 0 Å². The lowest BCUT2D eigenvalue weighted by Crippen LogP contribution is -2.42. The molecule has 1 aliphatic rings. The predicted octanol–water partition coefficient (Wildman–Crippen LogP) is 1.49. The van der Waals surface area contributed by atoms with Gasteiger partial charge in [-0.05, 0) is 25.3 Å². The molecule has 3 nitrogen and oxygen atoms in total. The van der Waals surface area contributed by atoms with Crippen molar-refractivity contribution in [2.24, 2.45) is 11.8 Å². The van der Waals surface area contributed by atoms with Gasteiger partial charge >= 0.3 is 5.97 Å². The molecular weight excluding hydrogens is 166 g/mol. The summed E-state index contributed by atoms with van der Waals surface area (Å²) in [6.45, 7) is 5.13. The normalized spacial score (nSPS) is 30.1. The number of carboxylic acids is 1. The zero-order valence-electron chi connectivity index (χ0n) is 8.42. The molecule has 3 heteroatoms. The first-order valence-electron chi connectivity index (χ1n) is 5.09. The SMILES string of the molecule is CC(C)[C@H]1NCCCC[C@@H]1C(=O)O. The van der Waals surface area contributed by atoms with Gasteiger partial charge in [0.15, 0.2) is 0 Å². The van der Waals surface area contributed by atoms with Crippen molar-refractivity contribution in [3.63, 3.8) is 0 Å². The van der Waals surface area contributed by atoms with E-state index in [1.54, 1.807) is 0 Å². The minimum absolute atomic E-state index is 0.153. The van der Waals surface area contributed by atoms with E-state index in [0.29, 0.717) is 5.92 Å². The Hall–Kier alpha value is -0.570. The zero-order valence-corrected chi connectivity index (χ0v) is 8.42. The van der Waals surface area contributed by atoms with Crippen LogP contribution in [0.3, 0.4) is 0 Å². The Morgan fingerprint density at radius 2 is 2.15 bits per heavy atom. The van der Waals surface area contributed by atoms with E-state index in [-0.39, 0.29) is 12.0 Å². The molecule has 2 atom stereocenters. The molecule has 1 saturated heterocycles. The number of carboxylic acid groups (broad SMARTS) is 1. The van der Waals surface area contributed by atoms with E-state index >= 15 is 0 Å². The molecule has 1 fully saturated rings. The van der Waals surface area contributed by atoms with Crippen molar-refractivity contribution >= 4 is 5.97 Å². The third-order valence-corrected chi connectivity index (χ3v) is 2.79. The van der Waals surface area contributed by atoms with Gasteiger partial charge in [-0.15, -0.1) is 0 Å². The molecule has 1 aliphatic heterocycles. The highest BCUT2D eigenvalue weighted by Gasteiger charge is 2.30. The number of nitrogens with one attached hydrogen (secondary N) is 1. The number of rotatable bonds is 2. The summed E-state index contributed by atoms with van der Waals surface area (Å²) in [7, 11) is 0. The van der Waals surface area contributed by atoms with Gasteiger partial charge in [0.25, 0.3) is 0 Å². The first-order valence-corrected chi connectivity index (χ1v) is 5.09. The van der Waals surface area contributed by atoms with E-state index in [4.69, 9.17) is 5.11 Å². The molecule has 0 bridgehead atoms. The molecule has 0 radical (unpaired) electrons. The highest BCUT2D eigenvalue weighted by Crippen LogP contribution is 2.22. The third kappa shape index (κ3) is 2.69. The lowest BCUT2D eigenvalue weighted by molar-refractivity contribution is -0.143. The maximum atomic E-state index is 11.0. The fraction of sp³-hybridized carbons (Fsp3) is 0.900. The van der Waals surface area contributed by atoms with E-state index in [1.807, 2.05) is 0 Å². The molecule has 0 aromatic rings. The van der Waals surface area contributed by atoms with Gasteiger partial charge in [0.2, 0.25) is 0 Å². The Labute approximate surface area is 79.5 Å². The summed E-state index contributed by atoms with van der Waals surface area (Å²) < 4.78 is 0. The van der Waals surface area contributed by atoms with Crippen LogP contribution in [0.1, 0.15) is 33.1 Å². The molecule has 2 N–H and O–H groups in total. The summed E-state index contributed by atoms with van der Waals surface area (Å²) in [4.78, 5) is 11.0. The third-order valence-electron chi connectivity index (χ3n) is 2.79. The Morgan fingerprint density at radius 1 is 1.46 bits per heavy atom. The topological polar surface area (TPSA) is 49.3 Å². The van der Waals surface area contributed by atoms with Crippen molar-refractivity contribution in [2.75, 3.05) is 6.54 Å². The summed E-state index contributed by atoms with van der Waals surface area (Å²) >= 11 is 0. The molecule has 76 valence electrons. The van der Waals surface area contributed by atoms with Gasteiger partial charge in [-0.2, -0.15) is 0 Å². The first kappa shape index (κ1) is 10.5. The van der Waals surface area contributed by atoms with Crippen molar-refractivity contribution in [3.8, 4) is 0 Å². The van der Waals surface area contributed by atoms with Crippen LogP contribution < -0.4 is 5.32 Å². The summed E-state index contributed by atoms with van der Waals surface area (Å²) in [6, 6.07) is 0.153. The minimum atomic E-state index is -0.645. The van der Waals surface area contributed by atoms with E-state index < -0.39 is 5.97 Å². The maximum absolute atomic E-state index is 11.0. The van der Waals surface area contributed by atoms with Crippen molar-refractivity contribution < 1.29 is 9.90 Å². The van der Waals surface area contributed by atoms with Crippen LogP contribution in [-0.2, 0) is 4.79 Å². The van der Waals surface area contributed by atoms with Crippen LogP contribution in [0.2, 0.25) is 0 Å². The number of hydrogen-bond acceptors (Lipinski definition) is 2. The maximum Gasteiger partial charge on any atom is 0.308 e. The summed E-state index contributed by atoms with van der Waals surface area (Å²) in [6.07, 6.45) is 2.96. The Kier molecular flexibility index (Phi) is 3.72. The molecule has 0 amide bonds. The smallest absolute Gasteiger partial charge is 0.308 e. The van der Waals surface area contributed by atoms with E-state index in [2.05, 4.69) is 19.2 Å². The van der Waals surface area contributed by atoms with E-state index in [9.17, 15) is 4.79 Å². The van der Waals surface area contributed by atoms with Crippen LogP contribution in [-0.4, -0.2) is 23.7 Å². The molecule has 0 spiro atoms. The molecule has 1 heterocycles. The fourth-order valence-corrected chi connectivity index (χ4v) is 2.06. The molecule has 13 heavy (non-hydrogen) atoms. The van der Waals surface area contributed by atoms with E-state index in [1.165, 1.54) is 0 Å². The Bertz CT molecular complexity index is 180.